The minimum absolute atomic E-state index is 0.0736. The topological polar surface area (TPSA) is 102 Å². The van der Waals surface area contributed by atoms with Crippen LogP contribution in [0.25, 0.3) is 0 Å². The molecular weight excluding hydrogens is 586 g/mol. The molecule has 2 aromatic rings. The van der Waals surface area contributed by atoms with Crippen LogP contribution >= 0.6 is 0 Å². The monoisotopic (exact) mass is 624 g/mol. The highest BCUT2D eigenvalue weighted by Gasteiger charge is 2.39. The Morgan fingerprint density at radius 1 is 0.667 bits per heavy atom. The third-order valence-electron chi connectivity index (χ3n) is 8.71. The van der Waals surface area contributed by atoms with Crippen molar-refractivity contribution in [2.45, 2.75) is 69.4 Å². The summed E-state index contributed by atoms with van der Waals surface area (Å²) >= 11 is 0. The van der Waals surface area contributed by atoms with Crippen molar-refractivity contribution in [1.29, 1.82) is 0 Å². The number of hydrogen-bond donors (Lipinski definition) is 0. The van der Waals surface area contributed by atoms with Gasteiger partial charge in [-0.05, 0) is 25.0 Å². The highest BCUT2D eigenvalue weighted by atomic mass is 19.1. The minimum atomic E-state index is -1.04. The maximum atomic E-state index is 13.9. The second kappa shape index (κ2) is 13.4. The van der Waals surface area contributed by atoms with Crippen molar-refractivity contribution < 1.29 is 37.3 Å². The molecule has 2 saturated heterocycles. The normalized spacial score (nSPS) is 23.2. The van der Waals surface area contributed by atoms with Crippen LogP contribution in [0, 0.1) is 0 Å². The number of amides is 2. The zero-order chi connectivity index (χ0) is 31.5. The Labute approximate surface area is 261 Å². The molecule has 2 aromatic carbocycles. The predicted molar refractivity (Wildman–Crippen MR) is 165 cm³/mol. The van der Waals surface area contributed by atoms with Crippen molar-refractivity contribution in [3.05, 3.63) is 35.4 Å². The van der Waals surface area contributed by atoms with Gasteiger partial charge in [-0.3, -0.25) is 19.6 Å². The lowest BCUT2D eigenvalue weighted by molar-refractivity contribution is 0.0758. The van der Waals surface area contributed by atoms with E-state index in [0.717, 1.165) is 32.1 Å². The third-order valence-corrected chi connectivity index (χ3v) is 8.71. The Morgan fingerprint density at radius 3 is 1.51 bits per heavy atom. The van der Waals surface area contributed by atoms with Gasteiger partial charge in [0.05, 0.1) is 75.1 Å². The van der Waals surface area contributed by atoms with E-state index in [1.807, 2.05) is 0 Å². The molecular formula is C33H38F2N4O6. The summed E-state index contributed by atoms with van der Waals surface area (Å²) in [6.07, 6.45) is 6.32. The van der Waals surface area contributed by atoms with Gasteiger partial charge in [0.25, 0.3) is 11.8 Å². The first-order valence-electron chi connectivity index (χ1n) is 15.5. The number of unbranched alkanes of at least 4 members (excludes halogenated alkanes) is 4. The van der Waals surface area contributed by atoms with Gasteiger partial charge in [-0.1, -0.05) is 19.3 Å². The first-order valence-corrected chi connectivity index (χ1v) is 15.5. The number of rotatable bonds is 12. The Kier molecular flexibility index (Phi) is 9.18. The number of nitrogens with zero attached hydrogens (tertiary/aromatic N) is 4. The molecule has 4 atom stereocenters. The van der Waals surface area contributed by atoms with E-state index < -0.39 is 12.3 Å². The van der Waals surface area contributed by atoms with Crippen LogP contribution in [0.4, 0.5) is 20.2 Å². The molecule has 0 unspecified atom stereocenters. The van der Waals surface area contributed by atoms with E-state index in [0.29, 0.717) is 58.7 Å². The number of carbonyl (C=O) groups excluding carboxylic acids is 2. The van der Waals surface area contributed by atoms with Crippen LogP contribution in [0.15, 0.2) is 34.3 Å². The number of fused-ring (bicyclic) bond motifs is 4. The number of aliphatic imine (C=N–C) groups is 2. The largest absolute Gasteiger partial charge is 0.493 e. The van der Waals surface area contributed by atoms with Crippen molar-refractivity contribution in [1.82, 2.24) is 9.80 Å². The lowest BCUT2D eigenvalue weighted by Gasteiger charge is -2.20. The Bertz CT molecular complexity index is 1390. The number of halogens is 2. The summed E-state index contributed by atoms with van der Waals surface area (Å²) < 4.78 is 50.7. The molecule has 2 amide bonds. The smallest absolute Gasteiger partial charge is 0.256 e. The minimum Gasteiger partial charge on any atom is -0.493 e. The molecule has 0 spiro atoms. The van der Waals surface area contributed by atoms with Crippen LogP contribution in [0.2, 0.25) is 0 Å². The highest BCUT2D eigenvalue weighted by molar-refractivity contribution is 6.04. The van der Waals surface area contributed by atoms with Crippen molar-refractivity contribution in [2.24, 2.45) is 9.98 Å². The molecule has 4 aliphatic rings. The molecule has 0 aromatic heterocycles. The zero-order valence-corrected chi connectivity index (χ0v) is 25.5. The molecule has 240 valence electrons. The van der Waals surface area contributed by atoms with Crippen LogP contribution in [0.1, 0.15) is 65.7 Å². The number of carbonyl (C=O) groups is 2. The van der Waals surface area contributed by atoms with E-state index in [-0.39, 0.29) is 49.8 Å². The van der Waals surface area contributed by atoms with Crippen molar-refractivity contribution in [3.8, 4) is 23.0 Å². The predicted octanol–water partition coefficient (Wildman–Crippen LogP) is 5.65. The summed E-state index contributed by atoms with van der Waals surface area (Å²) in [5, 5.41) is 0. The zero-order valence-electron chi connectivity index (χ0n) is 25.5. The molecule has 0 saturated carbocycles. The third kappa shape index (κ3) is 6.46. The molecule has 0 aliphatic carbocycles. The fraction of sp³-hybridized carbons (Fsp3) is 0.515. The van der Waals surface area contributed by atoms with E-state index in [4.69, 9.17) is 18.9 Å². The van der Waals surface area contributed by atoms with Gasteiger partial charge in [0, 0.05) is 37.4 Å². The van der Waals surface area contributed by atoms with Crippen molar-refractivity contribution in [2.75, 3.05) is 40.5 Å². The molecule has 0 radical (unpaired) electrons. The number of hydrogen-bond acceptors (Lipinski definition) is 8. The lowest BCUT2D eigenvalue weighted by atomic mass is 10.1. The molecule has 45 heavy (non-hydrogen) atoms. The fourth-order valence-electron chi connectivity index (χ4n) is 6.32. The fourth-order valence-corrected chi connectivity index (χ4v) is 6.32. The van der Waals surface area contributed by atoms with Crippen LogP contribution in [-0.4, -0.2) is 99.0 Å². The van der Waals surface area contributed by atoms with Crippen LogP contribution in [-0.2, 0) is 0 Å². The number of methoxy groups -OCH3 is 2. The summed E-state index contributed by atoms with van der Waals surface area (Å²) in [5.41, 5.74) is 1.77. The maximum Gasteiger partial charge on any atom is 0.256 e. The van der Waals surface area contributed by atoms with E-state index in [9.17, 15) is 18.4 Å². The standard InChI is InChI=1S/C33H38F2N4O6/c1-42-28-12-24-26(36-16-22-10-20(34)18-38(22)32(24)40)14-30(28)44-8-6-4-3-5-7-9-45-31-15-27-25(13-29(31)43-2)33(41)39-19-21(35)11-23(39)17-37-27/h12-17,20-23H,3-11,18-19H2,1-2H3/t20-,21-,22-,23-/m0/s1. The summed E-state index contributed by atoms with van der Waals surface area (Å²) in [4.78, 5) is 38.0. The molecule has 4 heterocycles. The van der Waals surface area contributed by atoms with Gasteiger partial charge in [-0.25, -0.2) is 8.78 Å². The van der Waals surface area contributed by atoms with Gasteiger partial charge < -0.3 is 28.7 Å². The molecule has 2 fully saturated rings. The molecule has 6 rings (SSSR count). The molecule has 10 nitrogen and oxygen atoms in total. The Balaban J connectivity index is 0.947. The van der Waals surface area contributed by atoms with Gasteiger partial charge in [0.15, 0.2) is 23.0 Å². The van der Waals surface area contributed by atoms with E-state index in [1.165, 1.54) is 24.0 Å². The van der Waals surface area contributed by atoms with Gasteiger partial charge >= 0.3 is 0 Å². The van der Waals surface area contributed by atoms with Crippen molar-refractivity contribution >= 4 is 35.6 Å². The van der Waals surface area contributed by atoms with Gasteiger partial charge in [-0.15, -0.1) is 0 Å². The van der Waals surface area contributed by atoms with Crippen LogP contribution < -0.4 is 18.9 Å². The van der Waals surface area contributed by atoms with E-state index in [2.05, 4.69) is 9.98 Å². The SMILES string of the molecule is COc1cc2c(cc1OCCCCCCCOc1cc3c(cc1OC)C(=O)N1C[C@@H](F)C[C@H]1C=N3)N=C[C@@H]1C[C@H](F)CN1C2=O. The average Bonchev–Trinajstić information content (AvgIpc) is 3.55. The number of benzene rings is 2. The summed E-state index contributed by atoms with van der Waals surface area (Å²) in [7, 11) is 3.05. The first-order chi connectivity index (χ1) is 21.9. The maximum absolute atomic E-state index is 13.9. The van der Waals surface area contributed by atoms with Gasteiger partial charge in [-0.2, -0.15) is 0 Å². The molecule has 4 aliphatic heterocycles. The van der Waals surface area contributed by atoms with E-state index in [1.54, 1.807) is 36.7 Å². The average molecular weight is 625 g/mol. The lowest BCUT2D eigenvalue weighted by Crippen LogP contribution is -2.35. The van der Waals surface area contributed by atoms with Gasteiger partial charge in [0.1, 0.15) is 12.3 Å². The summed E-state index contributed by atoms with van der Waals surface area (Å²) in [6, 6.07) is 6.02. The molecule has 12 heteroatoms. The summed E-state index contributed by atoms with van der Waals surface area (Å²) in [5.74, 6) is 1.44. The number of ether oxygens (including phenoxy) is 4. The highest BCUT2D eigenvalue weighted by Crippen LogP contribution is 2.40. The van der Waals surface area contributed by atoms with Crippen LogP contribution in [0.3, 0.4) is 0 Å². The molecule has 0 N–H and O–H groups in total. The van der Waals surface area contributed by atoms with Gasteiger partial charge in [0.2, 0.25) is 0 Å². The number of alkyl halides is 2. The quantitative estimate of drug-likeness (QED) is 0.283. The van der Waals surface area contributed by atoms with Crippen LogP contribution in [0.5, 0.6) is 23.0 Å². The molecule has 0 bridgehead atoms. The Morgan fingerprint density at radius 2 is 1.09 bits per heavy atom. The first kappa shape index (κ1) is 30.8. The second-order valence-electron chi connectivity index (χ2n) is 11.8. The van der Waals surface area contributed by atoms with Crippen molar-refractivity contribution in [3.63, 3.8) is 0 Å². The summed E-state index contributed by atoms with van der Waals surface area (Å²) in [6.45, 7) is 1.11. The Hall–Kier alpha value is -4.22. The second-order valence-corrected chi connectivity index (χ2v) is 11.8. The van der Waals surface area contributed by atoms with E-state index >= 15 is 0 Å².